The summed E-state index contributed by atoms with van der Waals surface area (Å²) in [4.78, 5) is 10.2. The third-order valence-corrected chi connectivity index (χ3v) is 1.93. The molecule has 0 amide bonds. The minimum atomic E-state index is -0.766. The maximum Gasteiger partial charge on any atom is 0.151 e. The first kappa shape index (κ1) is 11.9. The number of rotatable bonds is 4. The molecule has 0 aliphatic rings. The van der Waals surface area contributed by atoms with Crippen LogP contribution in [0.1, 0.15) is 19.5 Å². The fraction of sp³-hybridized carbons (Fsp3) is 0.600. The van der Waals surface area contributed by atoms with Gasteiger partial charge in [0.1, 0.15) is 0 Å². The summed E-state index contributed by atoms with van der Waals surface area (Å²) in [5, 5.41) is 9.69. The number of hydrogen-bond donors (Lipinski definition) is 2. The molecule has 0 aromatic carbocycles. The van der Waals surface area contributed by atoms with Crippen LogP contribution in [0.25, 0.3) is 0 Å². The second-order valence-electron chi connectivity index (χ2n) is 4.20. The molecular weight excluding hydrogens is 192 g/mol. The first-order valence-electron chi connectivity index (χ1n) is 4.87. The zero-order valence-electron chi connectivity index (χ0n) is 9.44. The third kappa shape index (κ3) is 3.45. The number of hydrogen-bond acceptors (Lipinski definition) is 5. The first-order chi connectivity index (χ1) is 6.94. The molecule has 0 spiro atoms. The summed E-state index contributed by atoms with van der Waals surface area (Å²) in [5.74, 6) is 0.724. The van der Waals surface area contributed by atoms with Crippen molar-refractivity contribution in [2.24, 2.45) is 5.73 Å². The van der Waals surface area contributed by atoms with Gasteiger partial charge < -0.3 is 15.7 Å². The van der Waals surface area contributed by atoms with E-state index >= 15 is 0 Å². The highest BCUT2D eigenvalue weighted by molar-refractivity contribution is 5.42. The summed E-state index contributed by atoms with van der Waals surface area (Å²) in [6, 6.07) is 0. The lowest BCUT2D eigenvalue weighted by Crippen LogP contribution is -2.37. The Morgan fingerprint density at radius 3 is 2.53 bits per heavy atom. The smallest absolute Gasteiger partial charge is 0.151 e. The van der Waals surface area contributed by atoms with Gasteiger partial charge in [-0.15, -0.1) is 0 Å². The van der Waals surface area contributed by atoms with E-state index in [0.29, 0.717) is 13.1 Å². The van der Waals surface area contributed by atoms with E-state index in [2.05, 4.69) is 9.97 Å². The Hall–Kier alpha value is -1.20. The standard InChI is InChI=1S/C10H18N4O/c1-10(2,15)7-14(3)9-8(6-11)12-4-5-13-9/h4-5,15H,6-7,11H2,1-3H3. The Balaban J connectivity index is 2.86. The van der Waals surface area contributed by atoms with Crippen molar-refractivity contribution in [2.75, 3.05) is 18.5 Å². The summed E-state index contributed by atoms with van der Waals surface area (Å²) in [6.45, 7) is 4.34. The van der Waals surface area contributed by atoms with E-state index in [1.807, 2.05) is 11.9 Å². The molecule has 1 rings (SSSR count). The van der Waals surface area contributed by atoms with Gasteiger partial charge in [0.25, 0.3) is 0 Å². The molecule has 0 bridgehead atoms. The molecule has 0 aliphatic carbocycles. The van der Waals surface area contributed by atoms with Crippen LogP contribution in [0, 0.1) is 0 Å². The Bertz CT molecular complexity index is 321. The number of aromatic nitrogens is 2. The number of aliphatic hydroxyl groups is 1. The molecule has 0 radical (unpaired) electrons. The van der Waals surface area contributed by atoms with E-state index in [9.17, 15) is 5.11 Å². The molecule has 0 atom stereocenters. The molecule has 84 valence electrons. The van der Waals surface area contributed by atoms with Crippen molar-refractivity contribution in [1.82, 2.24) is 9.97 Å². The Labute approximate surface area is 90.0 Å². The van der Waals surface area contributed by atoms with Crippen LogP contribution in [0.15, 0.2) is 12.4 Å². The molecule has 1 heterocycles. The number of nitrogens with two attached hydrogens (primary N) is 1. The molecule has 0 aliphatic heterocycles. The minimum Gasteiger partial charge on any atom is -0.389 e. The van der Waals surface area contributed by atoms with Gasteiger partial charge in [-0.1, -0.05) is 0 Å². The second-order valence-corrected chi connectivity index (χ2v) is 4.20. The van der Waals surface area contributed by atoms with Gasteiger partial charge in [0.05, 0.1) is 11.3 Å². The Morgan fingerprint density at radius 1 is 1.40 bits per heavy atom. The predicted molar refractivity (Wildman–Crippen MR) is 59.5 cm³/mol. The molecule has 3 N–H and O–H groups in total. The van der Waals surface area contributed by atoms with E-state index in [4.69, 9.17) is 5.73 Å². The van der Waals surface area contributed by atoms with E-state index < -0.39 is 5.60 Å². The van der Waals surface area contributed by atoms with Crippen LogP contribution in [0.4, 0.5) is 5.82 Å². The maximum absolute atomic E-state index is 9.69. The van der Waals surface area contributed by atoms with Crippen LogP contribution in [-0.2, 0) is 6.54 Å². The highest BCUT2D eigenvalue weighted by Crippen LogP contribution is 2.15. The lowest BCUT2D eigenvalue weighted by molar-refractivity contribution is 0.0884. The van der Waals surface area contributed by atoms with Gasteiger partial charge >= 0.3 is 0 Å². The Kier molecular flexibility index (Phi) is 3.60. The van der Waals surface area contributed by atoms with Gasteiger partial charge in [0, 0.05) is 32.5 Å². The van der Waals surface area contributed by atoms with Gasteiger partial charge in [0.2, 0.25) is 0 Å². The normalized spacial score (nSPS) is 11.5. The largest absolute Gasteiger partial charge is 0.389 e. The summed E-state index contributed by atoms with van der Waals surface area (Å²) in [5.41, 5.74) is 5.53. The summed E-state index contributed by atoms with van der Waals surface area (Å²) in [7, 11) is 1.86. The van der Waals surface area contributed by atoms with Crippen molar-refractivity contribution >= 4 is 5.82 Å². The molecular formula is C10H18N4O. The molecule has 5 heteroatoms. The van der Waals surface area contributed by atoms with Crippen LogP contribution in [0.3, 0.4) is 0 Å². The Morgan fingerprint density at radius 2 is 2.00 bits per heavy atom. The van der Waals surface area contributed by atoms with Gasteiger partial charge in [-0.25, -0.2) is 4.98 Å². The van der Waals surface area contributed by atoms with E-state index in [-0.39, 0.29) is 0 Å². The zero-order valence-corrected chi connectivity index (χ0v) is 9.44. The van der Waals surface area contributed by atoms with Crippen LogP contribution in [-0.4, -0.2) is 34.3 Å². The van der Waals surface area contributed by atoms with E-state index in [1.54, 1.807) is 26.2 Å². The molecule has 5 nitrogen and oxygen atoms in total. The molecule has 0 saturated heterocycles. The highest BCUT2D eigenvalue weighted by atomic mass is 16.3. The first-order valence-corrected chi connectivity index (χ1v) is 4.87. The SMILES string of the molecule is CN(CC(C)(C)O)c1nccnc1CN. The fourth-order valence-electron chi connectivity index (χ4n) is 1.48. The monoisotopic (exact) mass is 210 g/mol. The van der Waals surface area contributed by atoms with Crippen molar-refractivity contribution in [3.8, 4) is 0 Å². The van der Waals surface area contributed by atoms with Crippen LogP contribution in [0.5, 0.6) is 0 Å². The van der Waals surface area contributed by atoms with E-state index in [1.165, 1.54) is 0 Å². The van der Waals surface area contributed by atoms with Crippen molar-refractivity contribution in [3.63, 3.8) is 0 Å². The lowest BCUT2D eigenvalue weighted by Gasteiger charge is -2.27. The number of likely N-dealkylation sites (N-methyl/N-ethyl adjacent to an activating group) is 1. The molecule has 0 unspecified atom stereocenters. The van der Waals surface area contributed by atoms with Crippen molar-refractivity contribution < 1.29 is 5.11 Å². The minimum absolute atomic E-state index is 0.347. The fourth-order valence-corrected chi connectivity index (χ4v) is 1.48. The lowest BCUT2D eigenvalue weighted by atomic mass is 10.1. The highest BCUT2D eigenvalue weighted by Gasteiger charge is 2.18. The average Bonchev–Trinajstić information content (AvgIpc) is 2.15. The second kappa shape index (κ2) is 4.55. The van der Waals surface area contributed by atoms with Crippen LogP contribution >= 0.6 is 0 Å². The van der Waals surface area contributed by atoms with Crippen molar-refractivity contribution in [3.05, 3.63) is 18.1 Å². The molecule has 0 saturated carbocycles. The van der Waals surface area contributed by atoms with Crippen molar-refractivity contribution in [1.29, 1.82) is 0 Å². The predicted octanol–water partition coefficient (Wildman–Crippen LogP) is 0.142. The van der Waals surface area contributed by atoms with Gasteiger partial charge in [-0.05, 0) is 13.8 Å². The molecule has 1 aromatic rings. The topological polar surface area (TPSA) is 75.3 Å². The average molecular weight is 210 g/mol. The maximum atomic E-state index is 9.69. The quantitative estimate of drug-likeness (QED) is 0.739. The van der Waals surface area contributed by atoms with E-state index in [0.717, 1.165) is 11.5 Å². The molecule has 15 heavy (non-hydrogen) atoms. The number of nitrogens with zero attached hydrogens (tertiary/aromatic N) is 3. The summed E-state index contributed by atoms with van der Waals surface area (Å²) >= 11 is 0. The summed E-state index contributed by atoms with van der Waals surface area (Å²) in [6.07, 6.45) is 3.24. The van der Waals surface area contributed by atoms with Crippen molar-refractivity contribution in [2.45, 2.75) is 26.0 Å². The third-order valence-electron chi connectivity index (χ3n) is 1.93. The van der Waals surface area contributed by atoms with Crippen LogP contribution < -0.4 is 10.6 Å². The summed E-state index contributed by atoms with van der Waals surface area (Å²) < 4.78 is 0. The van der Waals surface area contributed by atoms with Crippen LogP contribution in [0.2, 0.25) is 0 Å². The molecule has 0 fully saturated rings. The van der Waals surface area contributed by atoms with Gasteiger partial charge in [0.15, 0.2) is 5.82 Å². The number of anilines is 1. The van der Waals surface area contributed by atoms with Gasteiger partial charge in [-0.2, -0.15) is 0 Å². The van der Waals surface area contributed by atoms with Gasteiger partial charge in [-0.3, -0.25) is 4.98 Å². The zero-order chi connectivity index (χ0) is 11.5. The molecule has 1 aromatic heterocycles.